The van der Waals surface area contributed by atoms with E-state index in [2.05, 4.69) is 10.2 Å². The molecule has 19 heavy (non-hydrogen) atoms. The van der Waals surface area contributed by atoms with Gasteiger partial charge in [0.05, 0.1) is 25.4 Å². The highest BCUT2D eigenvalue weighted by molar-refractivity contribution is 5.77. The second kappa shape index (κ2) is 5.14. The van der Waals surface area contributed by atoms with Crippen molar-refractivity contribution in [3.05, 3.63) is 35.2 Å². The van der Waals surface area contributed by atoms with E-state index in [-0.39, 0.29) is 6.42 Å². The first kappa shape index (κ1) is 13.1. The first-order chi connectivity index (χ1) is 9.04. The maximum Gasteiger partial charge on any atom is 0.309 e. The second-order valence-electron chi connectivity index (χ2n) is 4.40. The molecule has 0 saturated carbocycles. The van der Waals surface area contributed by atoms with Crippen LogP contribution in [0.15, 0.2) is 18.3 Å². The fourth-order valence-corrected chi connectivity index (χ4v) is 2.14. The Morgan fingerprint density at radius 3 is 2.68 bits per heavy atom. The normalized spacial score (nSPS) is 10.5. The quantitative estimate of drug-likeness (QED) is 0.884. The number of rotatable bonds is 4. The zero-order valence-corrected chi connectivity index (χ0v) is 11.2. The van der Waals surface area contributed by atoms with Gasteiger partial charge >= 0.3 is 5.97 Å². The number of benzene rings is 1. The molecule has 0 spiro atoms. The Hall–Kier alpha value is -2.30. The molecule has 0 aliphatic rings. The molecule has 2 rings (SSSR count). The number of carboxylic acids is 1. The fourth-order valence-electron chi connectivity index (χ4n) is 2.14. The van der Waals surface area contributed by atoms with Crippen molar-refractivity contribution in [2.24, 2.45) is 0 Å². The van der Waals surface area contributed by atoms with Crippen LogP contribution in [-0.2, 0) is 11.2 Å². The number of methoxy groups -OCH3 is 1. The molecule has 0 amide bonds. The second-order valence-corrected chi connectivity index (χ2v) is 4.40. The lowest BCUT2D eigenvalue weighted by molar-refractivity contribution is -0.136. The van der Waals surface area contributed by atoms with Crippen molar-refractivity contribution in [2.75, 3.05) is 7.11 Å². The number of carbonyl (C=O) groups is 1. The largest absolute Gasteiger partial charge is 0.496 e. The van der Waals surface area contributed by atoms with Crippen molar-refractivity contribution in [1.82, 2.24) is 10.2 Å². The molecule has 5 nitrogen and oxygen atoms in total. The van der Waals surface area contributed by atoms with E-state index in [9.17, 15) is 4.79 Å². The van der Waals surface area contributed by atoms with Crippen LogP contribution in [0.1, 0.15) is 16.8 Å². The highest BCUT2D eigenvalue weighted by Gasteiger charge is 2.15. The lowest BCUT2D eigenvalue weighted by Gasteiger charge is -2.12. The Morgan fingerprint density at radius 1 is 1.32 bits per heavy atom. The molecule has 0 atom stereocenters. The predicted molar refractivity (Wildman–Crippen MR) is 71.4 cm³/mol. The molecule has 1 aromatic heterocycles. The minimum atomic E-state index is -0.881. The van der Waals surface area contributed by atoms with Gasteiger partial charge in [-0.05, 0) is 36.6 Å². The standard InChI is InChI=1S/C14H16N2O3/c1-8-9(2)13(19-3)5-4-10(8)11-7-15-16-12(11)6-14(17)18/h4-5,7H,6H2,1-3H3,(H,15,16)(H,17,18). The summed E-state index contributed by atoms with van der Waals surface area (Å²) in [6, 6.07) is 3.81. The number of nitrogens with zero attached hydrogens (tertiary/aromatic N) is 1. The summed E-state index contributed by atoms with van der Waals surface area (Å²) in [6.07, 6.45) is 1.59. The van der Waals surface area contributed by atoms with Gasteiger partial charge in [-0.2, -0.15) is 5.10 Å². The topological polar surface area (TPSA) is 75.2 Å². The van der Waals surface area contributed by atoms with Crippen LogP contribution in [0.2, 0.25) is 0 Å². The monoisotopic (exact) mass is 260 g/mol. The molecule has 0 fully saturated rings. The average molecular weight is 260 g/mol. The van der Waals surface area contributed by atoms with Crippen molar-refractivity contribution < 1.29 is 14.6 Å². The van der Waals surface area contributed by atoms with E-state index in [1.807, 2.05) is 26.0 Å². The Balaban J connectivity index is 2.51. The number of H-pyrrole nitrogens is 1. The number of aromatic nitrogens is 2. The molecule has 2 aromatic rings. The van der Waals surface area contributed by atoms with Crippen molar-refractivity contribution in [3.8, 4) is 16.9 Å². The fraction of sp³-hybridized carbons (Fsp3) is 0.286. The third-order valence-electron chi connectivity index (χ3n) is 3.29. The first-order valence-electron chi connectivity index (χ1n) is 5.93. The number of carboxylic acid groups (broad SMARTS) is 1. The number of aliphatic carboxylic acids is 1. The molecule has 0 unspecified atom stereocenters. The molecule has 0 aliphatic heterocycles. The third-order valence-corrected chi connectivity index (χ3v) is 3.29. The van der Waals surface area contributed by atoms with E-state index >= 15 is 0 Å². The molecular weight excluding hydrogens is 244 g/mol. The molecular formula is C14H16N2O3. The lowest BCUT2D eigenvalue weighted by Crippen LogP contribution is -2.02. The Kier molecular flexibility index (Phi) is 3.55. The summed E-state index contributed by atoms with van der Waals surface area (Å²) in [5, 5.41) is 15.6. The van der Waals surface area contributed by atoms with E-state index < -0.39 is 5.97 Å². The van der Waals surface area contributed by atoms with Crippen LogP contribution in [0.4, 0.5) is 0 Å². The van der Waals surface area contributed by atoms with Gasteiger partial charge in [0, 0.05) is 5.56 Å². The maximum atomic E-state index is 10.8. The van der Waals surface area contributed by atoms with Crippen molar-refractivity contribution in [1.29, 1.82) is 0 Å². The van der Waals surface area contributed by atoms with E-state index in [1.54, 1.807) is 13.3 Å². The van der Waals surface area contributed by atoms with Crippen LogP contribution in [0.3, 0.4) is 0 Å². The van der Waals surface area contributed by atoms with Crippen molar-refractivity contribution >= 4 is 5.97 Å². The van der Waals surface area contributed by atoms with Crippen molar-refractivity contribution in [2.45, 2.75) is 20.3 Å². The highest BCUT2D eigenvalue weighted by Crippen LogP contribution is 2.32. The van der Waals surface area contributed by atoms with Gasteiger partial charge < -0.3 is 9.84 Å². The van der Waals surface area contributed by atoms with Gasteiger partial charge in [-0.3, -0.25) is 9.89 Å². The van der Waals surface area contributed by atoms with Gasteiger partial charge in [-0.25, -0.2) is 0 Å². The van der Waals surface area contributed by atoms with Gasteiger partial charge in [0.15, 0.2) is 0 Å². The van der Waals surface area contributed by atoms with Gasteiger partial charge in [-0.1, -0.05) is 6.07 Å². The van der Waals surface area contributed by atoms with E-state index in [4.69, 9.17) is 9.84 Å². The molecule has 5 heteroatoms. The molecule has 0 radical (unpaired) electrons. The van der Waals surface area contributed by atoms with Crippen LogP contribution in [0.25, 0.3) is 11.1 Å². The van der Waals surface area contributed by atoms with Gasteiger partial charge in [-0.15, -0.1) is 0 Å². The van der Waals surface area contributed by atoms with Crippen molar-refractivity contribution in [3.63, 3.8) is 0 Å². The van der Waals surface area contributed by atoms with Crippen LogP contribution < -0.4 is 4.74 Å². The number of hydrogen-bond donors (Lipinski definition) is 2. The molecule has 0 saturated heterocycles. The highest BCUT2D eigenvalue weighted by atomic mass is 16.5. The summed E-state index contributed by atoms with van der Waals surface area (Å²) >= 11 is 0. The van der Waals surface area contributed by atoms with Gasteiger partial charge in [0.2, 0.25) is 0 Å². The first-order valence-corrected chi connectivity index (χ1v) is 5.93. The minimum absolute atomic E-state index is 0.0696. The molecule has 0 aliphatic carbocycles. The zero-order valence-electron chi connectivity index (χ0n) is 11.2. The van der Waals surface area contributed by atoms with Crippen LogP contribution >= 0.6 is 0 Å². The third kappa shape index (κ3) is 2.45. The number of aromatic amines is 1. The SMILES string of the molecule is COc1ccc(-c2cn[nH]c2CC(=O)O)c(C)c1C. The Labute approximate surface area is 111 Å². The predicted octanol–water partition coefficient (Wildman–Crippen LogP) is 2.33. The summed E-state index contributed by atoms with van der Waals surface area (Å²) < 4.78 is 5.28. The van der Waals surface area contributed by atoms with Crippen LogP contribution in [-0.4, -0.2) is 28.4 Å². The lowest BCUT2D eigenvalue weighted by atomic mass is 9.96. The van der Waals surface area contributed by atoms with E-state index in [1.165, 1.54) is 0 Å². The van der Waals surface area contributed by atoms with Crippen LogP contribution in [0.5, 0.6) is 5.75 Å². The number of ether oxygens (including phenoxy) is 1. The van der Waals surface area contributed by atoms with E-state index in [0.29, 0.717) is 5.69 Å². The van der Waals surface area contributed by atoms with E-state index in [0.717, 1.165) is 28.0 Å². The maximum absolute atomic E-state index is 10.8. The molecule has 2 N–H and O–H groups in total. The zero-order chi connectivity index (χ0) is 14.0. The molecule has 1 aromatic carbocycles. The Bertz CT molecular complexity index is 617. The van der Waals surface area contributed by atoms with Crippen LogP contribution in [0, 0.1) is 13.8 Å². The van der Waals surface area contributed by atoms with Gasteiger partial charge in [0.1, 0.15) is 5.75 Å². The molecule has 0 bridgehead atoms. The Morgan fingerprint density at radius 2 is 2.05 bits per heavy atom. The summed E-state index contributed by atoms with van der Waals surface area (Å²) in [5.41, 5.74) is 4.52. The summed E-state index contributed by atoms with van der Waals surface area (Å²) in [4.78, 5) is 10.8. The molecule has 100 valence electrons. The summed E-state index contributed by atoms with van der Waals surface area (Å²) in [6.45, 7) is 3.97. The number of nitrogens with one attached hydrogen (secondary N) is 1. The number of hydrogen-bond acceptors (Lipinski definition) is 3. The van der Waals surface area contributed by atoms with Gasteiger partial charge in [0.25, 0.3) is 0 Å². The average Bonchev–Trinajstić information content (AvgIpc) is 2.80. The molecule has 1 heterocycles. The summed E-state index contributed by atoms with van der Waals surface area (Å²) in [7, 11) is 1.63. The summed E-state index contributed by atoms with van der Waals surface area (Å²) in [5.74, 6) is -0.0575. The smallest absolute Gasteiger partial charge is 0.309 e. The minimum Gasteiger partial charge on any atom is -0.496 e.